The van der Waals surface area contributed by atoms with Crippen LogP contribution in [0, 0.1) is 13.8 Å². The number of carbonyl (C=O) groups is 1. The number of hydrogen-bond acceptors (Lipinski definition) is 3. The Kier molecular flexibility index (Phi) is 7.33. The van der Waals surface area contributed by atoms with Gasteiger partial charge in [0.2, 0.25) is 0 Å². The average molecular weight is 314 g/mol. The highest BCUT2D eigenvalue weighted by atomic mass is 16.5. The maximum atomic E-state index is 10.9. The molecule has 0 radical (unpaired) electrons. The van der Waals surface area contributed by atoms with Gasteiger partial charge in [-0.1, -0.05) is 43.7 Å². The number of hydrogen-bond donors (Lipinski definition) is 0. The summed E-state index contributed by atoms with van der Waals surface area (Å²) in [5.74, 6) is 1.28. The first kappa shape index (κ1) is 18.8. The summed E-state index contributed by atoms with van der Waals surface area (Å²) in [6, 6.07) is 13.6. The molecule has 0 aliphatic heterocycles. The fourth-order valence-corrected chi connectivity index (χ4v) is 2.15. The highest BCUT2D eigenvalue weighted by Crippen LogP contribution is 2.22. The zero-order valence-corrected chi connectivity index (χ0v) is 14.8. The summed E-state index contributed by atoms with van der Waals surface area (Å²) in [5.41, 5.74) is 4.25. The Hall–Kier alpha value is -2.29. The van der Waals surface area contributed by atoms with Gasteiger partial charge >= 0.3 is 5.97 Å². The van der Waals surface area contributed by atoms with Gasteiger partial charge in [0, 0.05) is 0 Å². The molecular formula is C20H26O3. The lowest BCUT2D eigenvalue weighted by Crippen LogP contribution is -2.00. The van der Waals surface area contributed by atoms with Crippen molar-refractivity contribution < 1.29 is 14.3 Å². The molecule has 0 amide bonds. The van der Waals surface area contributed by atoms with Crippen molar-refractivity contribution in [2.75, 3.05) is 14.2 Å². The molecular weight excluding hydrogens is 288 g/mol. The Morgan fingerprint density at radius 3 is 2.17 bits per heavy atom. The average Bonchev–Trinajstić information content (AvgIpc) is 2.54. The van der Waals surface area contributed by atoms with E-state index in [2.05, 4.69) is 37.6 Å². The quantitative estimate of drug-likeness (QED) is 0.755. The van der Waals surface area contributed by atoms with Crippen molar-refractivity contribution in [3.63, 3.8) is 0 Å². The third-order valence-electron chi connectivity index (χ3n) is 3.52. The van der Waals surface area contributed by atoms with E-state index in [4.69, 9.17) is 4.74 Å². The van der Waals surface area contributed by atoms with Crippen LogP contribution in [-0.4, -0.2) is 20.2 Å². The van der Waals surface area contributed by atoms with E-state index in [0.717, 1.165) is 11.3 Å². The first-order valence-corrected chi connectivity index (χ1v) is 7.68. The van der Waals surface area contributed by atoms with Gasteiger partial charge in [0.15, 0.2) is 0 Å². The number of aryl methyl sites for hydroxylation is 2. The van der Waals surface area contributed by atoms with Crippen LogP contribution in [0.5, 0.6) is 5.75 Å². The van der Waals surface area contributed by atoms with Crippen molar-refractivity contribution in [3.05, 3.63) is 64.7 Å². The van der Waals surface area contributed by atoms with Crippen LogP contribution in [0.2, 0.25) is 0 Å². The predicted octanol–water partition coefficient (Wildman–Crippen LogP) is 4.91. The molecule has 3 heteroatoms. The summed E-state index contributed by atoms with van der Waals surface area (Å²) in [4.78, 5) is 10.9. The van der Waals surface area contributed by atoms with Gasteiger partial charge in [-0.15, -0.1) is 0 Å². The van der Waals surface area contributed by atoms with Crippen molar-refractivity contribution in [3.8, 4) is 5.75 Å². The summed E-state index contributed by atoms with van der Waals surface area (Å²) < 4.78 is 9.73. The largest absolute Gasteiger partial charge is 0.496 e. The molecule has 0 aromatic heterocycles. The second-order valence-electron chi connectivity index (χ2n) is 5.74. The van der Waals surface area contributed by atoms with E-state index in [1.807, 2.05) is 25.1 Å². The molecule has 0 aliphatic carbocycles. The van der Waals surface area contributed by atoms with Crippen molar-refractivity contribution in [1.29, 1.82) is 0 Å². The summed E-state index contributed by atoms with van der Waals surface area (Å²) >= 11 is 0. The van der Waals surface area contributed by atoms with E-state index in [0.29, 0.717) is 11.5 Å². The fraction of sp³-hybridized carbons (Fsp3) is 0.350. The Labute approximate surface area is 139 Å². The van der Waals surface area contributed by atoms with Crippen molar-refractivity contribution in [2.45, 2.75) is 33.6 Å². The molecule has 0 N–H and O–H groups in total. The van der Waals surface area contributed by atoms with Gasteiger partial charge in [0.1, 0.15) is 5.75 Å². The Morgan fingerprint density at radius 1 is 1.00 bits per heavy atom. The number of methoxy groups -OCH3 is 2. The molecule has 124 valence electrons. The van der Waals surface area contributed by atoms with Crippen molar-refractivity contribution in [2.24, 2.45) is 0 Å². The molecule has 23 heavy (non-hydrogen) atoms. The van der Waals surface area contributed by atoms with Crippen LogP contribution >= 0.6 is 0 Å². The lowest BCUT2D eigenvalue weighted by Gasteiger charge is -2.09. The second kappa shape index (κ2) is 8.99. The zero-order chi connectivity index (χ0) is 17.4. The topological polar surface area (TPSA) is 35.5 Å². The van der Waals surface area contributed by atoms with Gasteiger partial charge in [0.05, 0.1) is 19.8 Å². The van der Waals surface area contributed by atoms with Crippen LogP contribution in [0.25, 0.3) is 0 Å². The second-order valence-corrected chi connectivity index (χ2v) is 5.74. The van der Waals surface area contributed by atoms with E-state index in [1.54, 1.807) is 19.2 Å². The minimum Gasteiger partial charge on any atom is -0.496 e. The molecule has 0 fully saturated rings. The molecule has 2 aromatic carbocycles. The van der Waals surface area contributed by atoms with Gasteiger partial charge in [-0.3, -0.25) is 0 Å². The third kappa shape index (κ3) is 5.78. The highest BCUT2D eigenvalue weighted by molar-refractivity contribution is 5.89. The van der Waals surface area contributed by atoms with Crippen LogP contribution < -0.4 is 4.74 Å². The molecule has 2 rings (SSSR count). The molecule has 0 aliphatic rings. The normalized spacial score (nSPS) is 9.87. The number of ether oxygens (including phenoxy) is 2. The van der Waals surface area contributed by atoms with E-state index < -0.39 is 0 Å². The van der Waals surface area contributed by atoms with Crippen molar-refractivity contribution >= 4 is 5.97 Å². The molecule has 0 bridgehead atoms. The highest BCUT2D eigenvalue weighted by Gasteiger charge is 2.03. The molecule has 3 nitrogen and oxygen atoms in total. The zero-order valence-electron chi connectivity index (χ0n) is 14.8. The first-order chi connectivity index (χ1) is 10.9. The Bertz CT molecular complexity index is 645. The van der Waals surface area contributed by atoms with Gasteiger partial charge in [-0.25, -0.2) is 4.79 Å². The van der Waals surface area contributed by atoms with Crippen LogP contribution in [-0.2, 0) is 4.74 Å². The number of esters is 1. The van der Waals surface area contributed by atoms with Gasteiger partial charge in [-0.05, 0) is 49.1 Å². The molecule has 0 spiro atoms. The van der Waals surface area contributed by atoms with Gasteiger partial charge in [-0.2, -0.15) is 0 Å². The van der Waals surface area contributed by atoms with Crippen molar-refractivity contribution in [1.82, 2.24) is 0 Å². The number of benzene rings is 2. The minimum absolute atomic E-state index is 0.284. The third-order valence-corrected chi connectivity index (χ3v) is 3.52. The first-order valence-electron chi connectivity index (χ1n) is 7.68. The lowest BCUT2D eigenvalue weighted by molar-refractivity contribution is 0.0600. The van der Waals surface area contributed by atoms with E-state index in [9.17, 15) is 4.79 Å². The fourth-order valence-electron chi connectivity index (χ4n) is 2.15. The van der Waals surface area contributed by atoms with Crippen LogP contribution in [0.15, 0.2) is 42.5 Å². The van der Waals surface area contributed by atoms with E-state index >= 15 is 0 Å². The van der Waals surface area contributed by atoms with Gasteiger partial charge in [0.25, 0.3) is 0 Å². The summed E-state index contributed by atoms with van der Waals surface area (Å²) in [7, 11) is 3.09. The maximum absolute atomic E-state index is 10.9. The number of carbonyl (C=O) groups excluding carboxylic acids is 1. The molecule has 0 saturated carbocycles. The molecule has 0 unspecified atom stereocenters. The Balaban J connectivity index is 0.000000231. The number of rotatable bonds is 3. The monoisotopic (exact) mass is 314 g/mol. The maximum Gasteiger partial charge on any atom is 0.337 e. The van der Waals surface area contributed by atoms with Gasteiger partial charge < -0.3 is 9.47 Å². The van der Waals surface area contributed by atoms with Crippen LogP contribution in [0.4, 0.5) is 0 Å². The summed E-state index contributed by atoms with van der Waals surface area (Å²) in [6.45, 7) is 8.40. The van der Waals surface area contributed by atoms with Crippen LogP contribution in [0.3, 0.4) is 0 Å². The summed E-state index contributed by atoms with van der Waals surface area (Å²) in [6.07, 6.45) is 0. The predicted molar refractivity (Wildman–Crippen MR) is 94.3 cm³/mol. The standard InChI is InChI=1S/C11H16O.C9H10O2/c1-8(2)10-5-6-11(12-4)9(3)7-10;1-7-4-3-5-8(6-7)9(10)11-2/h5-8H,1-4H3;3-6H,1-2H3. The van der Waals surface area contributed by atoms with E-state index in [1.165, 1.54) is 18.2 Å². The SMILES string of the molecule is COC(=O)c1cccc(C)c1.COc1ccc(C(C)C)cc1C. The summed E-state index contributed by atoms with van der Waals surface area (Å²) in [5, 5.41) is 0. The molecule has 0 saturated heterocycles. The Morgan fingerprint density at radius 2 is 1.70 bits per heavy atom. The smallest absolute Gasteiger partial charge is 0.337 e. The molecule has 0 heterocycles. The lowest BCUT2D eigenvalue weighted by atomic mass is 10.0. The molecule has 2 aromatic rings. The minimum atomic E-state index is -0.284. The van der Waals surface area contributed by atoms with Crippen LogP contribution in [0.1, 0.15) is 46.8 Å². The molecule has 0 atom stereocenters. The van der Waals surface area contributed by atoms with E-state index in [-0.39, 0.29) is 5.97 Å².